The normalized spacial score (nSPS) is 16.8. The summed E-state index contributed by atoms with van der Waals surface area (Å²) in [6.45, 7) is 5.25. The van der Waals surface area contributed by atoms with Crippen LogP contribution in [0.3, 0.4) is 0 Å². The van der Waals surface area contributed by atoms with Gasteiger partial charge in [0.2, 0.25) is 5.91 Å². The summed E-state index contributed by atoms with van der Waals surface area (Å²) in [5.41, 5.74) is 0. The highest BCUT2D eigenvalue weighted by Gasteiger charge is 2.26. The minimum atomic E-state index is -0.982. The van der Waals surface area contributed by atoms with E-state index in [1.807, 2.05) is 0 Å². The standard InChI is InChI=1S/C11H18N2O3/c1-2-7-13(8-10(14)15)11(16)9-3-5-12-6-4-9/h2,9,12H,1,3-8H2,(H,14,15). The van der Waals surface area contributed by atoms with Gasteiger partial charge < -0.3 is 15.3 Å². The van der Waals surface area contributed by atoms with Gasteiger partial charge in [-0.05, 0) is 25.9 Å². The number of amides is 1. The summed E-state index contributed by atoms with van der Waals surface area (Å²) in [6, 6.07) is 0. The molecule has 5 heteroatoms. The second kappa shape index (κ2) is 6.27. The Kier molecular flexibility index (Phi) is 4.98. The highest BCUT2D eigenvalue weighted by Crippen LogP contribution is 2.15. The topological polar surface area (TPSA) is 69.6 Å². The third kappa shape index (κ3) is 3.66. The molecule has 16 heavy (non-hydrogen) atoms. The Labute approximate surface area is 95.1 Å². The summed E-state index contributed by atoms with van der Waals surface area (Å²) >= 11 is 0. The van der Waals surface area contributed by atoms with Crippen LogP contribution in [0.15, 0.2) is 12.7 Å². The number of nitrogens with zero attached hydrogens (tertiary/aromatic N) is 1. The Morgan fingerprint density at radius 2 is 2.06 bits per heavy atom. The number of nitrogens with one attached hydrogen (secondary N) is 1. The van der Waals surface area contributed by atoms with E-state index in [0.717, 1.165) is 25.9 Å². The van der Waals surface area contributed by atoms with Crippen molar-refractivity contribution in [3.05, 3.63) is 12.7 Å². The van der Waals surface area contributed by atoms with Gasteiger partial charge in [-0.1, -0.05) is 6.08 Å². The maximum Gasteiger partial charge on any atom is 0.323 e. The number of hydrogen-bond acceptors (Lipinski definition) is 3. The molecule has 0 atom stereocenters. The fourth-order valence-electron chi connectivity index (χ4n) is 1.88. The van der Waals surface area contributed by atoms with Gasteiger partial charge in [-0.25, -0.2) is 0 Å². The molecule has 1 saturated heterocycles. The number of carboxylic acid groups (broad SMARTS) is 1. The average Bonchev–Trinajstić information content (AvgIpc) is 2.28. The first-order chi connectivity index (χ1) is 7.65. The Bertz CT molecular complexity index is 272. The van der Waals surface area contributed by atoms with Crippen LogP contribution in [0.5, 0.6) is 0 Å². The lowest BCUT2D eigenvalue weighted by Crippen LogP contribution is -2.43. The van der Waals surface area contributed by atoms with Gasteiger partial charge >= 0.3 is 5.97 Å². The lowest BCUT2D eigenvalue weighted by atomic mass is 9.96. The second-order valence-electron chi connectivity index (χ2n) is 3.93. The largest absolute Gasteiger partial charge is 0.480 e. The van der Waals surface area contributed by atoms with E-state index in [1.165, 1.54) is 4.90 Å². The molecule has 0 unspecified atom stereocenters. The molecular formula is C11H18N2O3. The molecule has 1 aliphatic rings. The van der Waals surface area contributed by atoms with Gasteiger partial charge in [-0.3, -0.25) is 9.59 Å². The van der Waals surface area contributed by atoms with E-state index in [-0.39, 0.29) is 18.4 Å². The first-order valence-corrected chi connectivity index (χ1v) is 5.47. The molecule has 90 valence electrons. The van der Waals surface area contributed by atoms with Crippen molar-refractivity contribution in [3.63, 3.8) is 0 Å². The molecule has 0 aliphatic carbocycles. The van der Waals surface area contributed by atoms with Crippen LogP contribution in [0.25, 0.3) is 0 Å². The molecule has 1 heterocycles. The van der Waals surface area contributed by atoms with Gasteiger partial charge in [0.1, 0.15) is 6.54 Å². The van der Waals surface area contributed by atoms with Crippen LogP contribution in [0.2, 0.25) is 0 Å². The molecule has 0 saturated carbocycles. The first kappa shape index (κ1) is 12.7. The number of piperidine rings is 1. The molecule has 1 rings (SSSR count). The van der Waals surface area contributed by atoms with Gasteiger partial charge in [0, 0.05) is 12.5 Å². The zero-order valence-corrected chi connectivity index (χ0v) is 9.32. The average molecular weight is 226 g/mol. The van der Waals surface area contributed by atoms with Crippen molar-refractivity contribution in [2.45, 2.75) is 12.8 Å². The lowest BCUT2D eigenvalue weighted by Gasteiger charge is -2.27. The summed E-state index contributed by atoms with van der Waals surface area (Å²) < 4.78 is 0. The molecule has 0 aromatic heterocycles. The molecule has 0 spiro atoms. The highest BCUT2D eigenvalue weighted by atomic mass is 16.4. The van der Waals surface area contributed by atoms with Crippen LogP contribution in [-0.2, 0) is 9.59 Å². The fourth-order valence-corrected chi connectivity index (χ4v) is 1.88. The van der Waals surface area contributed by atoms with Crippen LogP contribution >= 0.6 is 0 Å². The Balaban J connectivity index is 2.57. The predicted molar refractivity (Wildman–Crippen MR) is 60.0 cm³/mol. The van der Waals surface area contributed by atoms with Crippen LogP contribution in [-0.4, -0.2) is 48.1 Å². The summed E-state index contributed by atoms with van der Waals surface area (Å²) in [5.74, 6) is -1.09. The molecule has 0 radical (unpaired) electrons. The number of carbonyl (C=O) groups excluding carboxylic acids is 1. The smallest absolute Gasteiger partial charge is 0.323 e. The minimum absolute atomic E-state index is 0.0412. The van der Waals surface area contributed by atoms with Gasteiger partial charge in [0.05, 0.1) is 0 Å². The van der Waals surface area contributed by atoms with Crippen molar-refractivity contribution in [1.82, 2.24) is 10.2 Å². The molecule has 1 fully saturated rings. The van der Waals surface area contributed by atoms with Crippen LogP contribution in [0.1, 0.15) is 12.8 Å². The van der Waals surface area contributed by atoms with E-state index < -0.39 is 5.97 Å². The quantitative estimate of drug-likeness (QED) is 0.652. The van der Waals surface area contributed by atoms with Crippen molar-refractivity contribution >= 4 is 11.9 Å². The molecular weight excluding hydrogens is 208 g/mol. The highest BCUT2D eigenvalue weighted by molar-refractivity contribution is 5.83. The number of aliphatic carboxylic acids is 1. The van der Waals surface area contributed by atoms with Gasteiger partial charge in [-0.15, -0.1) is 6.58 Å². The molecule has 2 N–H and O–H groups in total. The Morgan fingerprint density at radius 3 is 2.56 bits per heavy atom. The van der Waals surface area contributed by atoms with Crippen molar-refractivity contribution in [2.24, 2.45) is 5.92 Å². The van der Waals surface area contributed by atoms with Gasteiger partial charge in [-0.2, -0.15) is 0 Å². The summed E-state index contributed by atoms with van der Waals surface area (Å²) in [7, 11) is 0. The van der Waals surface area contributed by atoms with E-state index in [4.69, 9.17) is 5.11 Å². The molecule has 0 bridgehead atoms. The SMILES string of the molecule is C=CCN(CC(=O)O)C(=O)C1CCNCC1. The third-order valence-corrected chi connectivity index (χ3v) is 2.68. The van der Waals surface area contributed by atoms with E-state index in [1.54, 1.807) is 6.08 Å². The van der Waals surface area contributed by atoms with E-state index in [0.29, 0.717) is 6.54 Å². The summed E-state index contributed by atoms with van der Waals surface area (Å²) in [6.07, 6.45) is 3.13. The maximum absolute atomic E-state index is 12.0. The van der Waals surface area contributed by atoms with Crippen LogP contribution in [0, 0.1) is 5.92 Å². The molecule has 0 aromatic rings. The monoisotopic (exact) mass is 226 g/mol. The maximum atomic E-state index is 12.0. The van der Waals surface area contributed by atoms with Crippen LogP contribution in [0.4, 0.5) is 0 Å². The van der Waals surface area contributed by atoms with Crippen molar-refractivity contribution in [1.29, 1.82) is 0 Å². The number of rotatable bonds is 5. The number of carbonyl (C=O) groups is 2. The number of carboxylic acids is 1. The number of hydrogen-bond donors (Lipinski definition) is 2. The molecule has 0 aromatic carbocycles. The Morgan fingerprint density at radius 1 is 1.44 bits per heavy atom. The minimum Gasteiger partial charge on any atom is -0.480 e. The van der Waals surface area contributed by atoms with E-state index >= 15 is 0 Å². The van der Waals surface area contributed by atoms with Crippen molar-refractivity contribution in [2.75, 3.05) is 26.2 Å². The first-order valence-electron chi connectivity index (χ1n) is 5.47. The summed E-state index contributed by atoms with van der Waals surface area (Å²) in [4.78, 5) is 24.0. The van der Waals surface area contributed by atoms with Crippen molar-refractivity contribution in [3.8, 4) is 0 Å². The van der Waals surface area contributed by atoms with E-state index in [2.05, 4.69) is 11.9 Å². The second-order valence-corrected chi connectivity index (χ2v) is 3.93. The van der Waals surface area contributed by atoms with Crippen molar-refractivity contribution < 1.29 is 14.7 Å². The fraction of sp³-hybridized carbons (Fsp3) is 0.636. The zero-order chi connectivity index (χ0) is 12.0. The zero-order valence-electron chi connectivity index (χ0n) is 9.32. The van der Waals surface area contributed by atoms with Gasteiger partial charge in [0.15, 0.2) is 0 Å². The van der Waals surface area contributed by atoms with E-state index in [9.17, 15) is 9.59 Å². The lowest BCUT2D eigenvalue weighted by molar-refractivity contribution is -0.146. The van der Waals surface area contributed by atoms with Gasteiger partial charge in [0.25, 0.3) is 0 Å². The predicted octanol–water partition coefficient (Wildman–Crippen LogP) is 0.0852. The third-order valence-electron chi connectivity index (χ3n) is 2.68. The molecule has 5 nitrogen and oxygen atoms in total. The molecule has 1 amide bonds. The Hall–Kier alpha value is -1.36. The molecule has 1 aliphatic heterocycles. The van der Waals surface area contributed by atoms with Crippen LogP contribution < -0.4 is 5.32 Å². The summed E-state index contributed by atoms with van der Waals surface area (Å²) in [5, 5.41) is 11.9.